The van der Waals surface area contributed by atoms with Crippen molar-refractivity contribution in [2.24, 2.45) is 0 Å². The molecule has 108 valence electrons. The molecule has 3 amide bonds. The van der Waals surface area contributed by atoms with Crippen LogP contribution in [0, 0.1) is 5.82 Å². The molecule has 2 N–H and O–H groups in total. The molecule has 0 saturated carbocycles. The van der Waals surface area contributed by atoms with Gasteiger partial charge in [0.05, 0.1) is 5.56 Å². The SMILES string of the molecule is CCNC(=O)NC(=O)C(C)OC(=O)c1ccc(F)cc1. The fourth-order valence-electron chi connectivity index (χ4n) is 1.29. The predicted molar refractivity (Wildman–Crippen MR) is 68.5 cm³/mol. The third-order valence-corrected chi connectivity index (χ3v) is 2.31. The zero-order chi connectivity index (χ0) is 15.1. The smallest absolute Gasteiger partial charge is 0.338 e. The third kappa shape index (κ3) is 4.68. The van der Waals surface area contributed by atoms with Gasteiger partial charge in [0, 0.05) is 6.54 Å². The van der Waals surface area contributed by atoms with Gasteiger partial charge in [-0.25, -0.2) is 14.0 Å². The van der Waals surface area contributed by atoms with Crippen molar-refractivity contribution in [3.05, 3.63) is 35.6 Å². The van der Waals surface area contributed by atoms with Gasteiger partial charge >= 0.3 is 12.0 Å². The van der Waals surface area contributed by atoms with E-state index in [0.29, 0.717) is 6.54 Å². The van der Waals surface area contributed by atoms with Crippen LogP contribution >= 0.6 is 0 Å². The van der Waals surface area contributed by atoms with Crippen LogP contribution < -0.4 is 10.6 Å². The fraction of sp³-hybridized carbons (Fsp3) is 0.308. The van der Waals surface area contributed by atoms with Gasteiger partial charge in [0.1, 0.15) is 5.82 Å². The lowest BCUT2D eigenvalue weighted by atomic mass is 10.2. The van der Waals surface area contributed by atoms with Gasteiger partial charge in [-0.1, -0.05) is 0 Å². The predicted octanol–water partition coefficient (Wildman–Crippen LogP) is 1.22. The highest BCUT2D eigenvalue weighted by Gasteiger charge is 2.20. The highest BCUT2D eigenvalue weighted by atomic mass is 19.1. The second kappa shape index (κ2) is 7.22. The summed E-state index contributed by atoms with van der Waals surface area (Å²) in [4.78, 5) is 34.3. The number of benzene rings is 1. The Balaban J connectivity index is 2.54. The van der Waals surface area contributed by atoms with Gasteiger partial charge in [-0.05, 0) is 38.1 Å². The van der Waals surface area contributed by atoms with E-state index < -0.39 is 29.8 Å². The van der Waals surface area contributed by atoms with Crippen molar-refractivity contribution in [2.75, 3.05) is 6.54 Å². The first kappa shape index (κ1) is 15.6. The minimum atomic E-state index is -1.14. The first-order valence-corrected chi connectivity index (χ1v) is 5.99. The first-order valence-electron chi connectivity index (χ1n) is 5.99. The van der Waals surface area contributed by atoms with Crippen LogP contribution in [-0.2, 0) is 9.53 Å². The van der Waals surface area contributed by atoms with E-state index in [0.717, 1.165) is 12.1 Å². The van der Waals surface area contributed by atoms with Crippen molar-refractivity contribution in [3.63, 3.8) is 0 Å². The van der Waals surface area contributed by atoms with E-state index in [9.17, 15) is 18.8 Å². The quantitative estimate of drug-likeness (QED) is 0.813. The molecule has 0 aliphatic carbocycles. The minimum absolute atomic E-state index is 0.115. The molecule has 0 bridgehead atoms. The molecule has 0 aromatic heterocycles. The van der Waals surface area contributed by atoms with Crippen molar-refractivity contribution in [2.45, 2.75) is 20.0 Å². The number of hydrogen-bond acceptors (Lipinski definition) is 4. The van der Waals surface area contributed by atoms with Gasteiger partial charge in [-0.2, -0.15) is 0 Å². The number of esters is 1. The van der Waals surface area contributed by atoms with Crippen LogP contribution in [0.25, 0.3) is 0 Å². The molecule has 0 radical (unpaired) electrons. The zero-order valence-corrected chi connectivity index (χ0v) is 11.1. The number of amides is 3. The average molecular weight is 282 g/mol. The Morgan fingerprint density at radius 2 is 1.85 bits per heavy atom. The molecule has 7 heteroatoms. The van der Waals surface area contributed by atoms with E-state index in [4.69, 9.17) is 4.74 Å². The van der Waals surface area contributed by atoms with Crippen molar-refractivity contribution in [1.82, 2.24) is 10.6 Å². The summed E-state index contributed by atoms with van der Waals surface area (Å²) in [5.74, 6) is -2.00. The van der Waals surface area contributed by atoms with Crippen LogP contribution in [0.2, 0.25) is 0 Å². The second-order valence-corrected chi connectivity index (χ2v) is 3.90. The monoisotopic (exact) mass is 282 g/mol. The van der Waals surface area contributed by atoms with Gasteiger partial charge < -0.3 is 10.1 Å². The maximum absolute atomic E-state index is 12.7. The van der Waals surface area contributed by atoms with Crippen LogP contribution in [0.4, 0.5) is 9.18 Å². The number of carbonyl (C=O) groups is 3. The van der Waals surface area contributed by atoms with E-state index in [2.05, 4.69) is 5.32 Å². The molecule has 0 heterocycles. The number of imide groups is 1. The lowest BCUT2D eigenvalue weighted by molar-refractivity contribution is -0.127. The molecule has 6 nitrogen and oxygen atoms in total. The summed E-state index contributed by atoms with van der Waals surface area (Å²) in [7, 11) is 0. The maximum atomic E-state index is 12.7. The average Bonchev–Trinajstić information content (AvgIpc) is 2.39. The van der Waals surface area contributed by atoms with E-state index in [1.54, 1.807) is 6.92 Å². The summed E-state index contributed by atoms with van der Waals surface area (Å²) in [5, 5.41) is 4.39. The molecule has 0 aliphatic heterocycles. The van der Waals surface area contributed by atoms with Crippen LogP contribution in [0.5, 0.6) is 0 Å². The Morgan fingerprint density at radius 1 is 1.25 bits per heavy atom. The van der Waals surface area contributed by atoms with Crippen molar-refractivity contribution >= 4 is 17.9 Å². The van der Waals surface area contributed by atoms with Crippen LogP contribution in [0.1, 0.15) is 24.2 Å². The Labute approximate surface area is 115 Å². The van der Waals surface area contributed by atoms with Crippen molar-refractivity contribution in [3.8, 4) is 0 Å². The standard InChI is InChI=1S/C13H15FN2O4/c1-3-15-13(19)16-11(17)8(2)20-12(18)9-4-6-10(14)7-5-9/h4-8H,3H2,1-2H3,(H2,15,16,17,19). The first-order chi connectivity index (χ1) is 9.43. The fourth-order valence-corrected chi connectivity index (χ4v) is 1.29. The van der Waals surface area contributed by atoms with E-state index in [-0.39, 0.29) is 5.56 Å². The lowest BCUT2D eigenvalue weighted by Crippen LogP contribution is -2.44. The van der Waals surface area contributed by atoms with Gasteiger partial charge in [0.2, 0.25) is 0 Å². The Hall–Kier alpha value is -2.44. The maximum Gasteiger partial charge on any atom is 0.338 e. The third-order valence-electron chi connectivity index (χ3n) is 2.31. The highest BCUT2D eigenvalue weighted by molar-refractivity contribution is 5.98. The van der Waals surface area contributed by atoms with Gasteiger partial charge in [-0.3, -0.25) is 10.1 Å². The number of ether oxygens (including phenoxy) is 1. The number of hydrogen-bond donors (Lipinski definition) is 2. The van der Waals surface area contributed by atoms with Crippen LogP contribution in [0.3, 0.4) is 0 Å². The molecule has 0 fully saturated rings. The van der Waals surface area contributed by atoms with Gasteiger partial charge in [0.25, 0.3) is 5.91 Å². The summed E-state index contributed by atoms with van der Waals surface area (Å²) in [6.07, 6.45) is -1.14. The summed E-state index contributed by atoms with van der Waals surface area (Å²) in [5.41, 5.74) is 0.115. The van der Waals surface area contributed by atoms with Gasteiger partial charge in [0.15, 0.2) is 6.10 Å². The van der Waals surface area contributed by atoms with Crippen molar-refractivity contribution < 1.29 is 23.5 Å². The highest BCUT2D eigenvalue weighted by Crippen LogP contribution is 2.06. The zero-order valence-electron chi connectivity index (χ0n) is 11.1. The molecule has 20 heavy (non-hydrogen) atoms. The summed E-state index contributed by atoms with van der Waals surface area (Å²) >= 11 is 0. The Bertz CT molecular complexity index is 502. The molecule has 1 aromatic carbocycles. The number of carbonyl (C=O) groups excluding carboxylic acids is 3. The number of nitrogens with one attached hydrogen (secondary N) is 2. The van der Waals surface area contributed by atoms with E-state index >= 15 is 0 Å². The van der Waals surface area contributed by atoms with Crippen molar-refractivity contribution in [1.29, 1.82) is 0 Å². The van der Waals surface area contributed by atoms with E-state index in [1.807, 2.05) is 5.32 Å². The van der Waals surface area contributed by atoms with E-state index in [1.165, 1.54) is 19.1 Å². The molecule has 1 atom stereocenters. The second-order valence-electron chi connectivity index (χ2n) is 3.90. The van der Waals surface area contributed by atoms with Crippen LogP contribution in [0.15, 0.2) is 24.3 Å². The summed E-state index contributed by atoms with van der Waals surface area (Å²) in [6.45, 7) is 3.39. The van der Waals surface area contributed by atoms with Gasteiger partial charge in [-0.15, -0.1) is 0 Å². The Kier molecular flexibility index (Phi) is 5.64. The molecule has 0 saturated heterocycles. The number of rotatable bonds is 4. The summed E-state index contributed by atoms with van der Waals surface area (Å²) in [6, 6.07) is 4.03. The molecule has 1 aromatic rings. The minimum Gasteiger partial charge on any atom is -0.449 e. The lowest BCUT2D eigenvalue weighted by Gasteiger charge is -2.13. The van der Waals surface area contributed by atoms with Crippen LogP contribution in [-0.4, -0.2) is 30.6 Å². The molecule has 1 rings (SSSR count). The molecular formula is C13H15FN2O4. The largest absolute Gasteiger partial charge is 0.449 e. The number of halogens is 1. The summed E-state index contributed by atoms with van der Waals surface area (Å²) < 4.78 is 17.6. The molecule has 0 aliphatic rings. The molecule has 0 spiro atoms. The topological polar surface area (TPSA) is 84.5 Å². The number of urea groups is 1. The molecular weight excluding hydrogens is 267 g/mol. The normalized spacial score (nSPS) is 11.3. The molecule has 1 unspecified atom stereocenters. The Morgan fingerprint density at radius 3 is 2.40 bits per heavy atom.